The molecule has 0 amide bonds. The first-order chi connectivity index (χ1) is 9.08. The van der Waals surface area contributed by atoms with Gasteiger partial charge >= 0.3 is 0 Å². The number of ether oxygens (including phenoxy) is 2. The van der Waals surface area contributed by atoms with Crippen molar-refractivity contribution in [3.05, 3.63) is 23.8 Å². The molecule has 1 aromatic carbocycles. The highest BCUT2D eigenvalue weighted by Crippen LogP contribution is 2.24. The van der Waals surface area contributed by atoms with E-state index in [1.54, 1.807) is 0 Å². The molecule has 0 radical (unpaired) electrons. The van der Waals surface area contributed by atoms with Crippen LogP contribution in [0.2, 0.25) is 0 Å². The van der Waals surface area contributed by atoms with Crippen LogP contribution >= 0.6 is 0 Å². The molecule has 1 saturated heterocycles. The zero-order valence-corrected chi connectivity index (χ0v) is 12.1. The van der Waals surface area contributed by atoms with Gasteiger partial charge in [0.15, 0.2) is 0 Å². The number of nitrogens with zero attached hydrogens (tertiary/aromatic N) is 1. The number of morpholine rings is 1. The summed E-state index contributed by atoms with van der Waals surface area (Å²) < 4.78 is 11.6. The van der Waals surface area contributed by atoms with E-state index in [2.05, 4.69) is 18.7 Å². The van der Waals surface area contributed by atoms with Gasteiger partial charge in [-0.25, -0.2) is 0 Å². The minimum atomic E-state index is 0.121. The Bertz CT molecular complexity index is 421. The van der Waals surface area contributed by atoms with Gasteiger partial charge in [-0.1, -0.05) is 12.1 Å². The maximum Gasteiger partial charge on any atom is 0.142 e. The molecule has 4 nitrogen and oxygen atoms in total. The molecule has 1 aromatic rings. The number of hydrogen-bond donors (Lipinski definition) is 1. The zero-order valence-electron chi connectivity index (χ0n) is 12.1. The number of nitrogen functional groups attached to an aromatic ring is 1. The fourth-order valence-electron chi connectivity index (χ4n) is 2.27. The molecule has 0 spiro atoms. The average Bonchev–Trinajstić information content (AvgIpc) is 2.41. The van der Waals surface area contributed by atoms with Crippen molar-refractivity contribution in [2.75, 3.05) is 32.0 Å². The predicted molar refractivity (Wildman–Crippen MR) is 77.5 cm³/mol. The van der Waals surface area contributed by atoms with E-state index in [1.807, 2.05) is 25.1 Å². The second-order valence-corrected chi connectivity index (χ2v) is 5.38. The summed E-state index contributed by atoms with van der Waals surface area (Å²) >= 11 is 0. The van der Waals surface area contributed by atoms with Gasteiger partial charge in [0.25, 0.3) is 0 Å². The van der Waals surface area contributed by atoms with Crippen LogP contribution in [0.4, 0.5) is 5.69 Å². The van der Waals surface area contributed by atoms with Crippen molar-refractivity contribution >= 4 is 5.69 Å². The molecule has 1 fully saturated rings. The summed E-state index contributed by atoms with van der Waals surface area (Å²) in [6.45, 7) is 9.65. The van der Waals surface area contributed by atoms with E-state index in [4.69, 9.17) is 15.2 Å². The first-order valence-corrected chi connectivity index (χ1v) is 6.91. The van der Waals surface area contributed by atoms with E-state index in [0.717, 1.165) is 36.7 Å². The lowest BCUT2D eigenvalue weighted by Gasteiger charge is -2.35. The van der Waals surface area contributed by atoms with Crippen LogP contribution in [0.25, 0.3) is 0 Å². The lowest BCUT2D eigenvalue weighted by atomic mass is 10.2. The van der Waals surface area contributed by atoms with Crippen molar-refractivity contribution < 1.29 is 9.47 Å². The van der Waals surface area contributed by atoms with E-state index in [9.17, 15) is 0 Å². The second kappa shape index (κ2) is 6.26. The fourth-order valence-corrected chi connectivity index (χ4v) is 2.27. The number of para-hydroxylation sites is 1. The average molecular weight is 264 g/mol. The molecule has 19 heavy (non-hydrogen) atoms. The first-order valence-electron chi connectivity index (χ1n) is 6.91. The highest BCUT2D eigenvalue weighted by molar-refractivity contribution is 5.57. The quantitative estimate of drug-likeness (QED) is 0.846. The molecule has 1 aliphatic heterocycles. The summed E-state index contributed by atoms with van der Waals surface area (Å²) in [6, 6.07) is 6.41. The molecule has 0 aliphatic carbocycles. The summed E-state index contributed by atoms with van der Waals surface area (Å²) in [5, 5.41) is 0. The topological polar surface area (TPSA) is 47.7 Å². The minimum absolute atomic E-state index is 0.121. The van der Waals surface area contributed by atoms with Crippen LogP contribution in [0.15, 0.2) is 18.2 Å². The van der Waals surface area contributed by atoms with Crippen molar-refractivity contribution in [2.24, 2.45) is 0 Å². The molecule has 0 aromatic heterocycles. The Balaban J connectivity index is 1.90. The smallest absolute Gasteiger partial charge is 0.142 e. The maximum absolute atomic E-state index is 6.00. The van der Waals surface area contributed by atoms with E-state index in [1.165, 1.54) is 0 Å². The van der Waals surface area contributed by atoms with Gasteiger partial charge < -0.3 is 15.2 Å². The second-order valence-electron chi connectivity index (χ2n) is 5.38. The highest BCUT2D eigenvalue weighted by Gasteiger charge is 2.22. The Morgan fingerprint density at radius 3 is 3.00 bits per heavy atom. The summed E-state index contributed by atoms with van der Waals surface area (Å²) in [4.78, 5) is 2.41. The normalized spacial score (nSPS) is 20.7. The molecular weight excluding hydrogens is 240 g/mol. The van der Waals surface area contributed by atoms with Gasteiger partial charge in [-0.2, -0.15) is 0 Å². The minimum Gasteiger partial charge on any atom is -0.489 e. The van der Waals surface area contributed by atoms with Gasteiger partial charge in [-0.05, 0) is 32.4 Å². The third-order valence-corrected chi connectivity index (χ3v) is 3.61. The summed E-state index contributed by atoms with van der Waals surface area (Å²) in [7, 11) is 0. The van der Waals surface area contributed by atoms with Gasteiger partial charge in [-0.3, -0.25) is 4.90 Å². The monoisotopic (exact) mass is 264 g/mol. The largest absolute Gasteiger partial charge is 0.489 e. The fraction of sp³-hybridized carbons (Fsp3) is 0.600. The van der Waals surface area contributed by atoms with Crippen molar-refractivity contribution in [1.29, 1.82) is 0 Å². The van der Waals surface area contributed by atoms with Gasteiger partial charge in [0.1, 0.15) is 18.5 Å². The van der Waals surface area contributed by atoms with Crippen LogP contribution in [-0.2, 0) is 4.74 Å². The van der Waals surface area contributed by atoms with Crippen molar-refractivity contribution in [3.63, 3.8) is 0 Å². The maximum atomic E-state index is 6.00. The number of nitrogens with two attached hydrogens (primary N) is 1. The third-order valence-electron chi connectivity index (χ3n) is 3.61. The number of anilines is 1. The summed E-state index contributed by atoms with van der Waals surface area (Å²) in [6.07, 6.45) is 0.121. The SMILES string of the molecule is Cc1cccc(OCC2CN(C(C)C)CCO2)c1N. The number of benzene rings is 1. The Hall–Kier alpha value is -1.26. The lowest BCUT2D eigenvalue weighted by Crippen LogP contribution is -2.47. The van der Waals surface area contributed by atoms with Gasteiger partial charge in [0.05, 0.1) is 12.3 Å². The molecule has 1 atom stereocenters. The third kappa shape index (κ3) is 3.61. The lowest BCUT2D eigenvalue weighted by molar-refractivity contribution is -0.0563. The van der Waals surface area contributed by atoms with Crippen LogP contribution < -0.4 is 10.5 Å². The molecule has 1 heterocycles. The van der Waals surface area contributed by atoms with Crippen LogP contribution in [0.3, 0.4) is 0 Å². The van der Waals surface area contributed by atoms with Gasteiger partial charge in [0, 0.05) is 19.1 Å². The highest BCUT2D eigenvalue weighted by atomic mass is 16.5. The van der Waals surface area contributed by atoms with Crippen molar-refractivity contribution in [2.45, 2.75) is 32.9 Å². The Kier molecular flexibility index (Phi) is 4.66. The molecule has 1 aliphatic rings. The Labute approximate surface area is 115 Å². The van der Waals surface area contributed by atoms with Crippen LogP contribution in [-0.4, -0.2) is 43.3 Å². The molecule has 1 unspecified atom stereocenters. The Morgan fingerprint density at radius 2 is 2.26 bits per heavy atom. The molecule has 106 valence electrons. The Morgan fingerprint density at radius 1 is 1.47 bits per heavy atom. The molecular formula is C15H24N2O2. The molecule has 2 rings (SSSR count). The van der Waals surface area contributed by atoms with E-state index >= 15 is 0 Å². The van der Waals surface area contributed by atoms with Crippen LogP contribution in [0.5, 0.6) is 5.75 Å². The molecule has 2 N–H and O–H groups in total. The zero-order chi connectivity index (χ0) is 13.8. The number of rotatable bonds is 4. The van der Waals surface area contributed by atoms with E-state index in [0.29, 0.717) is 12.6 Å². The van der Waals surface area contributed by atoms with E-state index in [-0.39, 0.29) is 6.10 Å². The summed E-state index contributed by atoms with van der Waals surface area (Å²) in [5.41, 5.74) is 7.77. The van der Waals surface area contributed by atoms with Crippen molar-refractivity contribution in [1.82, 2.24) is 4.90 Å². The first kappa shape index (κ1) is 14.2. The number of hydrogen-bond acceptors (Lipinski definition) is 4. The standard InChI is InChI=1S/C15H24N2O2/c1-11(2)17-7-8-18-13(9-17)10-19-14-6-4-5-12(3)15(14)16/h4-6,11,13H,7-10,16H2,1-3H3. The molecule has 0 bridgehead atoms. The van der Waals surface area contributed by atoms with Gasteiger partial charge in [0.2, 0.25) is 0 Å². The predicted octanol–water partition coefficient (Wildman–Crippen LogP) is 2.07. The molecule has 0 saturated carbocycles. The van der Waals surface area contributed by atoms with Crippen molar-refractivity contribution in [3.8, 4) is 5.75 Å². The van der Waals surface area contributed by atoms with E-state index < -0.39 is 0 Å². The van der Waals surface area contributed by atoms with Gasteiger partial charge in [-0.15, -0.1) is 0 Å². The molecule has 4 heteroatoms. The summed E-state index contributed by atoms with van der Waals surface area (Å²) in [5.74, 6) is 0.755. The number of aryl methyl sites for hydroxylation is 1. The van der Waals surface area contributed by atoms with Crippen LogP contribution in [0, 0.1) is 6.92 Å². The van der Waals surface area contributed by atoms with Crippen LogP contribution in [0.1, 0.15) is 19.4 Å².